The molecule has 1 aromatic heterocycles. The number of piperidine rings is 2. The number of nitrogens with zero attached hydrogens (tertiary/aromatic N) is 4. The number of amidine groups is 2. The maximum atomic E-state index is 6.47. The van der Waals surface area contributed by atoms with Crippen LogP contribution in [0.4, 0.5) is 0 Å². The molecule has 0 saturated carbocycles. The third-order valence-electron chi connectivity index (χ3n) is 8.68. The summed E-state index contributed by atoms with van der Waals surface area (Å²) in [7, 11) is 0. The van der Waals surface area contributed by atoms with Crippen molar-refractivity contribution >= 4 is 23.0 Å². The van der Waals surface area contributed by atoms with Gasteiger partial charge in [0.25, 0.3) is 0 Å². The van der Waals surface area contributed by atoms with Crippen LogP contribution in [-0.2, 0) is 0 Å². The molecule has 2 atom stereocenters. The van der Waals surface area contributed by atoms with Crippen LogP contribution in [0.1, 0.15) is 63.5 Å². The Kier molecular flexibility index (Phi) is 11.4. The number of thiophene rings is 1. The topological polar surface area (TPSA) is 83.2 Å². The highest BCUT2D eigenvalue weighted by Gasteiger charge is 2.15. The Morgan fingerprint density at radius 1 is 0.651 bits per heavy atom. The maximum Gasteiger partial charge on any atom is 0.125 e. The van der Waals surface area contributed by atoms with E-state index in [0.717, 1.165) is 48.4 Å². The summed E-state index contributed by atoms with van der Waals surface area (Å²) in [4.78, 5) is 17.1. The Hall–Kier alpha value is -3.00. The van der Waals surface area contributed by atoms with Gasteiger partial charge in [-0.15, -0.1) is 11.3 Å². The van der Waals surface area contributed by atoms with Gasteiger partial charge in [0.2, 0.25) is 0 Å². The monoisotopic (exact) mass is 598 g/mol. The molecule has 43 heavy (non-hydrogen) atoms. The molecular formula is C36H50N6S. The standard InChI is InChI=1S/C36H50N6S/c1-27(25-41-17-5-3-6-18-41)23-39-35(37)31-13-9-11-29(21-31)33-15-16-34(43-33)30-12-10-14-32(22-30)36(38)40-24-28(2)26-42-19-7-4-8-20-42/h9-16,21-22,27-28H,3-8,17-20,23-26H2,1-2H3,(H2,37,39)(H2,38,40). The highest BCUT2D eigenvalue weighted by Crippen LogP contribution is 2.35. The van der Waals surface area contributed by atoms with E-state index < -0.39 is 0 Å². The van der Waals surface area contributed by atoms with Gasteiger partial charge in [0, 0.05) is 47.1 Å². The molecule has 230 valence electrons. The van der Waals surface area contributed by atoms with Crippen LogP contribution < -0.4 is 11.5 Å². The average molecular weight is 599 g/mol. The molecule has 4 N–H and O–H groups in total. The van der Waals surface area contributed by atoms with Crippen molar-refractivity contribution < 1.29 is 0 Å². The summed E-state index contributed by atoms with van der Waals surface area (Å²) in [5.74, 6) is 2.24. The van der Waals surface area contributed by atoms with E-state index in [4.69, 9.17) is 21.5 Å². The molecule has 7 heteroatoms. The molecule has 0 amide bonds. The van der Waals surface area contributed by atoms with Crippen LogP contribution in [0.15, 0.2) is 70.6 Å². The number of likely N-dealkylation sites (tertiary alicyclic amines) is 2. The van der Waals surface area contributed by atoms with E-state index in [1.807, 2.05) is 0 Å². The second kappa shape index (κ2) is 15.6. The minimum Gasteiger partial charge on any atom is -0.384 e. The first-order valence-electron chi connectivity index (χ1n) is 16.3. The third kappa shape index (κ3) is 9.24. The van der Waals surface area contributed by atoms with Crippen LogP contribution >= 0.6 is 11.3 Å². The zero-order chi connectivity index (χ0) is 30.0. The van der Waals surface area contributed by atoms with Gasteiger partial charge >= 0.3 is 0 Å². The van der Waals surface area contributed by atoms with Crippen LogP contribution in [-0.4, -0.2) is 73.8 Å². The molecule has 2 saturated heterocycles. The Labute approximate surface area is 262 Å². The summed E-state index contributed by atoms with van der Waals surface area (Å²) >= 11 is 1.78. The maximum absolute atomic E-state index is 6.47. The number of aliphatic imine (C=N–C) groups is 2. The van der Waals surface area contributed by atoms with E-state index in [2.05, 4.69) is 84.3 Å². The average Bonchev–Trinajstić information content (AvgIpc) is 3.54. The Bertz CT molecular complexity index is 1260. The number of hydrogen-bond donors (Lipinski definition) is 2. The molecule has 0 bridgehead atoms. The van der Waals surface area contributed by atoms with Gasteiger partial charge in [0.15, 0.2) is 0 Å². The van der Waals surface area contributed by atoms with Crippen LogP contribution in [0, 0.1) is 11.8 Å². The molecule has 2 aliphatic heterocycles. The Morgan fingerprint density at radius 3 is 1.49 bits per heavy atom. The van der Waals surface area contributed by atoms with Crippen LogP contribution in [0.2, 0.25) is 0 Å². The van der Waals surface area contributed by atoms with Gasteiger partial charge in [0.1, 0.15) is 11.7 Å². The molecule has 2 aromatic carbocycles. The van der Waals surface area contributed by atoms with Crippen molar-refractivity contribution in [2.45, 2.75) is 52.4 Å². The number of nitrogens with two attached hydrogens (primary N) is 2. The Balaban J connectivity index is 1.20. The minimum absolute atomic E-state index is 0.498. The van der Waals surface area contributed by atoms with Crippen LogP contribution in [0.3, 0.4) is 0 Å². The minimum atomic E-state index is 0.498. The van der Waals surface area contributed by atoms with E-state index in [1.54, 1.807) is 11.3 Å². The molecule has 0 aliphatic carbocycles. The van der Waals surface area contributed by atoms with Crippen molar-refractivity contribution in [2.75, 3.05) is 52.4 Å². The molecule has 2 unspecified atom stereocenters. The molecular weight excluding hydrogens is 549 g/mol. The lowest BCUT2D eigenvalue weighted by atomic mass is 10.1. The van der Waals surface area contributed by atoms with Gasteiger partial charge < -0.3 is 21.3 Å². The summed E-state index contributed by atoms with van der Waals surface area (Å²) in [6.45, 7) is 13.2. The lowest BCUT2D eigenvalue weighted by Gasteiger charge is -2.28. The first-order chi connectivity index (χ1) is 20.9. The fourth-order valence-corrected chi connectivity index (χ4v) is 7.28. The SMILES string of the molecule is CC(CN=C(N)c1cccc(-c2ccc(-c3cccc(C(N)=NCC(C)CN4CCCCC4)c3)s2)c1)CN1CCCCC1. The molecule has 2 aliphatic rings. The van der Waals surface area contributed by atoms with E-state index in [0.29, 0.717) is 23.5 Å². The van der Waals surface area contributed by atoms with Gasteiger partial charge in [-0.1, -0.05) is 63.1 Å². The summed E-state index contributed by atoms with van der Waals surface area (Å²) in [5, 5.41) is 0. The van der Waals surface area contributed by atoms with Crippen molar-refractivity contribution in [3.05, 3.63) is 71.8 Å². The largest absolute Gasteiger partial charge is 0.384 e. The highest BCUT2D eigenvalue weighted by molar-refractivity contribution is 7.18. The lowest BCUT2D eigenvalue weighted by molar-refractivity contribution is 0.203. The molecule has 3 heterocycles. The third-order valence-corrected chi connectivity index (χ3v) is 9.86. The van der Waals surface area contributed by atoms with Crippen molar-refractivity contribution in [3.63, 3.8) is 0 Å². The van der Waals surface area contributed by atoms with Crippen molar-refractivity contribution in [1.82, 2.24) is 9.80 Å². The fourth-order valence-electron chi connectivity index (χ4n) is 6.28. The van der Waals surface area contributed by atoms with Gasteiger partial charge in [0.05, 0.1) is 0 Å². The van der Waals surface area contributed by atoms with E-state index in [-0.39, 0.29) is 0 Å². The van der Waals surface area contributed by atoms with Crippen LogP contribution in [0.5, 0.6) is 0 Å². The first-order valence-corrected chi connectivity index (χ1v) is 17.1. The second-order valence-electron chi connectivity index (χ2n) is 12.7. The predicted octanol–water partition coefficient (Wildman–Crippen LogP) is 6.74. The Morgan fingerprint density at radius 2 is 1.07 bits per heavy atom. The molecule has 6 nitrogen and oxygen atoms in total. The van der Waals surface area contributed by atoms with E-state index >= 15 is 0 Å². The van der Waals surface area contributed by atoms with Gasteiger partial charge in [-0.25, -0.2) is 0 Å². The molecule has 0 radical (unpaired) electrons. The lowest BCUT2D eigenvalue weighted by Crippen LogP contribution is -2.34. The van der Waals surface area contributed by atoms with Crippen molar-refractivity contribution in [1.29, 1.82) is 0 Å². The normalized spacial score (nSPS) is 18.9. The zero-order valence-electron chi connectivity index (χ0n) is 26.2. The van der Waals surface area contributed by atoms with Crippen molar-refractivity contribution in [2.24, 2.45) is 33.3 Å². The molecule has 3 aromatic rings. The summed E-state index contributed by atoms with van der Waals surface area (Å²) in [6, 6.07) is 21.3. The quantitative estimate of drug-likeness (QED) is 0.179. The van der Waals surface area contributed by atoms with Gasteiger partial charge in [-0.05, 0) is 99.1 Å². The molecule has 5 rings (SSSR count). The van der Waals surface area contributed by atoms with Crippen molar-refractivity contribution in [3.8, 4) is 20.9 Å². The number of rotatable bonds is 12. The predicted molar refractivity (Wildman–Crippen MR) is 185 cm³/mol. The van der Waals surface area contributed by atoms with E-state index in [9.17, 15) is 0 Å². The summed E-state index contributed by atoms with van der Waals surface area (Å²) < 4.78 is 0. The second-order valence-corrected chi connectivity index (χ2v) is 13.8. The first kappa shape index (κ1) is 31.4. The number of benzene rings is 2. The fraction of sp³-hybridized carbons (Fsp3) is 0.500. The van der Waals surface area contributed by atoms with Gasteiger partial charge in [-0.2, -0.15) is 0 Å². The number of hydrogen-bond acceptors (Lipinski definition) is 5. The molecule has 0 spiro atoms. The highest BCUT2D eigenvalue weighted by atomic mass is 32.1. The van der Waals surface area contributed by atoms with Gasteiger partial charge in [-0.3, -0.25) is 9.98 Å². The summed E-state index contributed by atoms with van der Waals surface area (Å²) in [5.41, 5.74) is 17.2. The summed E-state index contributed by atoms with van der Waals surface area (Å²) in [6.07, 6.45) is 8.02. The molecule has 2 fully saturated rings. The zero-order valence-corrected chi connectivity index (χ0v) is 27.0. The van der Waals surface area contributed by atoms with E-state index in [1.165, 1.54) is 74.5 Å². The van der Waals surface area contributed by atoms with Crippen LogP contribution in [0.25, 0.3) is 20.9 Å². The smallest absolute Gasteiger partial charge is 0.125 e.